The number of benzene rings is 2. The van der Waals surface area contributed by atoms with E-state index in [-0.39, 0.29) is 6.47 Å². The van der Waals surface area contributed by atoms with E-state index in [1.54, 1.807) is 0 Å². The molecule has 4 aromatic rings. The Bertz CT molecular complexity index is 1250. The van der Waals surface area contributed by atoms with Gasteiger partial charge in [-0.2, -0.15) is 0 Å². The molecule has 2 heterocycles. The van der Waals surface area contributed by atoms with Gasteiger partial charge in [0.25, 0.3) is 6.47 Å². The van der Waals surface area contributed by atoms with E-state index in [2.05, 4.69) is 60.9 Å². The Hall–Kier alpha value is -3.45. The van der Waals surface area contributed by atoms with Crippen LogP contribution in [-0.4, -0.2) is 26.1 Å². The van der Waals surface area contributed by atoms with E-state index in [4.69, 9.17) is 31.3 Å². The number of nitrogens with two attached hydrogens (primary N) is 2. The average Bonchev–Trinajstić information content (AvgIpc) is 3.22. The number of nitrogens with zero attached hydrogens (tertiary/aromatic N) is 3. The van der Waals surface area contributed by atoms with Gasteiger partial charge in [-0.1, -0.05) is 69.5 Å². The highest BCUT2D eigenvalue weighted by Crippen LogP contribution is 2.31. The van der Waals surface area contributed by atoms with Crippen LogP contribution in [0.25, 0.3) is 21.9 Å². The first-order valence-corrected chi connectivity index (χ1v) is 12.5. The Kier molecular flexibility index (Phi) is 9.61. The normalized spacial score (nSPS) is 10.9. The molecule has 0 unspecified atom stereocenters. The van der Waals surface area contributed by atoms with Crippen LogP contribution in [0.3, 0.4) is 0 Å². The Balaban J connectivity index is 0.00000108. The van der Waals surface area contributed by atoms with Gasteiger partial charge in [0.15, 0.2) is 5.82 Å². The van der Waals surface area contributed by atoms with Gasteiger partial charge >= 0.3 is 0 Å². The van der Waals surface area contributed by atoms with Crippen LogP contribution in [0.4, 0.5) is 5.82 Å². The first-order valence-electron chi connectivity index (χ1n) is 12.5. The number of rotatable bonds is 10. The number of imidazole rings is 1. The molecule has 0 radical (unpaired) electrons. The van der Waals surface area contributed by atoms with Gasteiger partial charge in [-0.25, -0.2) is 9.97 Å². The van der Waals surface area contributed by atoms with Gasteiger partial charge in [-0.05, 0) is 42.0 Å². The number of nitrogen functional groups attached to an aromatic ring is 1. The third-order valence-corrected chi connectivity index (χ3v) is 6.27. The molecule has 0 aliphatic heterocycles. The number of carboxylic acid groups (broad SMARTS) is 1. The number of anilines is 1. The number of pyridine rings is 1. The Morgan fingerprint density at radius 1 is 0.914 bits per heavy atom. The minimum absolute atomic E-state index is 0.250. The van der Waals surface area contributed by atoms with Crippen LogP contribution >= 0.6 is 0 Å². The first-order chi connectivity index (χ1) is 17.1. The maximum Gasteiger partial charge on any atom is 0.290 e. The molecule has 2 aromatic carbocycles. The van der Waals surface area contributed by atoms with Gasteiger partial charge < -0.3 is 21.1 Å². The van der Waals surface area contributed by atoms with Gasteiger partial charge in [0.05, 0.1) is 11.0 Å². The monoisotopic (exact) mass is 475 g/mol. The maximum absolute atomic E-state index is 8.36. The number of aryl methyl sites for hydroxylation is 2. The number of fused-ring (bicyclic) bond motifs is 3. The van der Waals surface area contributed by atoms with E-state index >= 15 is 0 Å². The molecule has 0 spiro atoms. The van der Waals surface area contributed by atoms with Crippen molar-refractivity contribution in [1.82, 2.24) is 14.5 Å². The van der Waals surface area contributed by atoms with Gasteiger partial charge in [-0.3, -0.25) is 4.79 Å². The molecule has 0 aliphatic carbocycles. The van der Waals surface area contributed by atoms with E-state index < -0.39 is 0 Å². The zero-order valence-electron chi connectivity index (χ0n) is 20.8. The van der Waals surface area contributed by atoms with Crippen LogP contribution < -0.4 is 11.5 Å². The molecule has 5 N–H and O–H groups in total. The number of hydrogen-bond acceptors (Lipinski definition) is 5. The second-order valence-electron chi connectivity index (χ2n) is 8.85. The van der Waals surface area contributed by atoms with Crippen molar-refractivity contribution in [2.75, 3.05) is 5.73 Å². The summed E-state index contributed by atoms with van der Waals surface area (Å²) in [5.74, 6) is 1.60. The van der Waals surface area contributed by atoms with Gasteiger partial charge in [0.1, 0.15) is 11.3 Å². The summed E-state index contributed by atoms with van der Waals surface area (Å²) in [5.41, 5.74) is 18.8. The molecule has 4 rings (SSSR count). The van der Waals surface area contributed by atoms with Crippen molar-refractivity contribution >= 4 is 34.2 Å². The summed E-state index contributed by atoms with van der Waals surface area (Å²) in [5, 5.41) is 8.02. The number of carbonyl (C=O) groups is 1. The van der Waals surface area contributed by atoms with Crippen molar-refractivity contribution in [3.63, 3.8) is 0 Å². The molecule has 0 fully saturated rings. The molecule has 0 amide bonds. The molecular formula is C28H37N5O2. The molecule has 0 saturated carbocycles. The highest BCUT2D eigenvalue weighted by molar-refractivity contribution is 6.06. The number of unbranched alkanes of at least 4 members (excludes halogenated alkanes) is 3. The van der Waals surface area contributed by atoms with Gasteiger partial charge in [0, 0.05) is 24.9 Å². The standard InChI is InChI=1S/C27H35N5.CH2O2/c1-3-5-7-8-19-14-15-22-23(16-19)30-27(29)25-26(22)32(24(31-25)9-6-4-2)18-21-12-10-20(17-28)11-13-21;2-1-3/h10-16H,3-9,17-18,28H2,1-2H3,(H2,29,30);1H,(H,2,3). The molecule has 0 atom stereocenters. The third kappa shape index (κ3) is 6.36. The van der Waals surface area contributed by atoms with E-state index in [0.717, 1.165) is 65.6 Å². The molecular weight excluding hydrogens is 438 g/mol. The highest BCUT2D eigenvalue weighted by Gasteiger charge is 2.18. The molecule has 0 bridgehead atoms. The summed E-state index contributed by atoms with van der Waals surface area (Å²) < 4.78 is 2.35. The summed E-state index contributed by atoms with van der Waals surface area (Å²) in [6.07, 6.45) is 7.93. The second kappa shape index (κ2) is 12.9. The van der Waals surface area contributed by atoms with E-state index in [1.165, 1.54) is 30.4 Å². The van der Waals surface area contributed by atoms with Crippen molar-refractivity contribution in [3.8, 4) is 0 Å². The third-order valence-electron chi connectivity index (χ3n) is 6.27. The molecule has 7 heteroatoms. The number of hydrogen-bond donors (Lipinski definition) is 3. The largest absolute Gasteiger partial charge is 0.483 e. The lowest BCUT2D eigenvalue weighted by Gasteiger charge is -2.12. The Morgan fingerprint density at radius 3 is 2.23 bits per heavy atom. The first kappa shape index (κ1) is 26.2. The van der Waals surface area contributed by atoms with Crippen molar-refractivity contribution in [1.29, 1.82) is 0 Å². The summed E-state index contributed by atoms with van der Waals surface area (Å²) in [4.78, 5) is 18.1. The lowest BCUT2D eigenvalue weighted by atomic mass is 10.0. The fraction of sp³-hybridized carbons (Fsp3) is 0.393. The summed E-state index contributed by atoms with van der Waals surface area (Å²) >= 11 is 0. The lowest BCUT2D eigenvalue weighted by Crippen LogP contribution is -2.06. The zero-order valence-corrected chi connectivity index (χ0v) is 20.8. The SMILES string of the molecule is CCCCCc1ccc2c(c1)nc(N)c1nc(CCCC)n(Cc3ccc(CN)cc3)c12.O=CO. The van der Waals surface area contributed by atoms with Crippen LogP contribution in [0.2, 0.25) is 0 Å². The van der Waals surface area contributed by atoms with Crippen molar-refractivity contribution in [2.45, 2.75) is 71.9 Å². The highest BCUT2D eigenvalue weighted by atomic mass is 16.3. The smallest absolute Gasteiger partial charge is 0.290 e. The molecule has 2 aromatic heterocycles. The van der Waals surface area contributed by atoms with Crippen LogP contribution in [0, 0.1) is 0 Å². The number of aromatic nitrogens is 3. The van der Waals surface area contributed by atoms with E-state index in [1.807, 2.05) is 0 Å². The topological polar surface area (TPSA) is 120 Å². The molecule has 7 nitrogen and oxygen atoms in total. The second-order valence-corrected chi connectivity index (χ2v) is 8.85. The maximum atomic E-state index is 8.36. The van der Waals surface area contributed by atoms with Crippen LogP contribution in [0.5, 0.6) is 0 Å². The van der Waals surface area contributed by atoms with Crippen molar-refractivity contribution in [3.05, 3.63) is 65.0 Å². The average molecular weight is 476 g/mol. The quantitative estimate of drug-likeness (QED) is 0.207. The van der Waals surface area contributed by atoms with Crippen LogP contribution in [0.15, 0.2) is 42.5 Å². The van der Waals surface area contributed by atoms with Gasteiger partial charge in [0.2, 0.25) is 0 Å². The minimum Gasteiger partial charge on any atom is -0.483 e. The fourth-order valence-electron chi connectivity index (χ4n) is 4.40. The van der Waals surface area contributed by atoms with E-state index in [0.29, 0.717) is 12.4 Å². The predicted octanol–water partition coefficient (Wildman–Crippen LogP) is 5.45. The van der Waals surface area contributed by atoms with E-state index in [9.17, 15) is 0 Å². The van der Waals surface area contributed by atoms with Crippen LogP contribution in [-0.2, 0) is 30.7 Å². The molecule has 0 saturated heterocycles. The van der Waals surface area contributed by atoms with Gasteiger partial charge in [-0.15, -0.1) is 0 Å². The molecule has 35 heavy (non-hydrogen) atoms. The minimum atomic E-state index is -0.250. The summed E-state index contributed by atoms with van der Waals surface area (Å²) in [6.45, 7) is 5.52. The summed E-state index contributed by atoms with van der Waals surface area (Å²) in [6, 6.07) is 15.2. The predicted molar refractivity (Wildman–Crippen MR) is 143 cm³/mol. The van der Waals surface area contributed by atoms with Crippen molar-refractivity contribution < 1.29 is 9.90 Å². The lowest BCUT2D eigenvalue weighted by molar-refractivity contribution is -0.122. The zero-order chi connectivity index (χ0) is 25.2. The Labute approximate surface area is 207 Å². The molecule has 0 aliphatic rings. The van der Waals surface area contributed by atoms with Crippen molar-refractivity contribution in [2.24, 2.45) is 5.73 Å². The summed E-state index contributed by atoms with van der Waals surface area (Å²) in [7, 11) is 0. The Morgan fingerprint density at radius 2 is 1.57 bits per heavy atom. The fourth-order valence-corrected chi connectivity index (χ4v) is 4.40. The molecule has 186 valence electrons. The van der Waals surface area contributed by atoms with Crippen LogP contribution in [0.1, 0.15) is 68.5 Å².